The first kappa shape index (κ1) is 15.4. The monoisotopic (exact) mass is 328 g/mol. The number of carbonyl (C=O) groups is 1. The fraction of sp³-hybridized carbons (Fsp3) is 0.769. The molecule has 0 amide bonds. The van der Waals surface area contributed by atoms with Crippen molar-refractivity contribution in [1.82, 2.24) is 20.5 Å². The molecule has 4 atom stereocenters. The van der Waals surface area contributed by atoms with E-state index >= 15 is 0 Å². The number of H-pyrrole nitrogens is 1. The number of carboxylic acids is 1. The molecule has 3 rings (SSSR count). The van der Waals surface area contributed by atoms with Crippen molar-refractivity contribution in [2.24, 2.45) is 17.8 Å². The molecule has 0 spiro atoms. The zero-order valence-corrected chi connectivity index (χ0v) is 12.9. The summed E-state index contributed by atoms with van der Waals surface area (Å²) < 4.78 is 24.5. The van der Waals surface area contributed by atoms with E-state index in [0.717, 1.165) is 19.3 Å². The summed E-state index contributed by atoms with van der Waals surface area (Å²) in [7, 11) is -3.45. The maximum Gasteiger partial charge on any atom is 0.320 e. The summed E-state index contributed by atoms with van der Waals surface area (Å²) in [5.41, 5.74) is 0. The van der Waals surface area contributed by atoms with Crippen LogP contribution in [0, 0.1) is 17.8 Å². The smallest absolute Gasteiger partial charge is 0.320 e. The minimum atomic E-state index is -3.45. The normalized spacial score (nSPS) is 32.4. The van der Waals surface area contributed by atoms with Crippen molar-refractivity contribution >= 4 is 15.8 Å². The van der Waals surface area contributed by atoms with Gasteiger partial charge in [0.05, 0.1) is 5.75 Å². The van der Waals surface area contributed by atoms with Crippen LogP contribution in [0.15, 0.2) is 11.5 Å². The largest absolute Gasteiger partial charge is 0.480 e. The van der Waals surface area contributed by atoms with Crippen molar-refractivity contribution in [3.63, 3.8) is 0 Å². The second-order valence-electron chi connectivity index (χ2n) is 6.31. The van der Waals surface area contributed by atoms with Crippen LogP contribution in [0.3, 0.4) is 0 Å². The van der Waals surface area contributed by atoms with Gasteiger partial charge in [0.1, 0.15) is 12.4 Å². The molecule has 1 aliphatic carbocycles. The number of sulfone groups is 1. The molecule has 22 heavy (non-hydrogen) atoms. The number of fused-ring (bicyclic) bond motifs is 1. The molecule has 0 aromatic carbocycles. The fourth-order valence-corrected chi connectivity index (χ4v) is 5.21. The van der Waals surface area contributed by atoms with E-state index in [4.69, 9.17) is 5.11 Å². The summed E-state index contributed by atoms with van der Waals surface area (Å²) >= 11 is 0. The van der Waals surface area contributed by atoms with Crippen LogP contribution in [0.4, 0.5) is 0 Å². The molecule has 1 aliphatic heterocycles. The van der Waals surface area contributed by atoms with Crippen LogP contribution >= 0.6 is 0 Å². The summed E-state index contributed by atoms with van der Waals surface area (Å²) in [6, 6.07) is -0.508. The zero-order chi connectivity index (χ0) is 15.7. The van der Waals surface area contributed by atoms with E-state index < -0.39 is 21.8 Å². The van der Waals surface area contributed by atoms with Gasteiger partial charge in [-0.05, 0) is 50.0 Å². The van der Waals surface area contributed by atoms with E-state index in [9.17, 15) is 13.2 Å². The van der Waals surface area contributed by atoms with Gasteiger partial charge in [-0.25, -0.2) is 13.4 Å². The molecule has 8 nitrogen and oxygen atoms in total. The summed E-state index contributed by atoms with van der Waals surface area (Å²) in [5.74, 6) is 0.0287. The van der Waals surface area contributed by atoms with Gasteiger partial charge in [-0.1, -0.05) is 0 Å². The fourth-order valence-electron chi connectivity index (χ4n) is 3.73. The lowest BCUT2D eigenvalue weighted by molar-refractivity contribution is -0.141. The quantitative estimate of drug-likeness (QED) is 0.713. The Morgan fingerprint density at radius 3 is 2.82 bits per heavy atom. The average molecular weight is 328 g/mol. The molecule has 0 unspecified atom stereocenters. The van der Waals surface area contributed by atoms with E-state index in [1.165, 1.54) is 6.33 Å². The Morgan fingerprint density at radius 1 is 1.32 bits per heavy atom. The molecular formula is C13H20N4O4S. The molecule has 1 saturated carbocycles. The number of nitrogens with zero attached hydrogens (tertiary/aromatic N) is 2. The molecule has 122 valence electrons. The number of aromatic amines is 1. The Morgan fingerprint density at radius 2 is 2.14 bits per heavy atom. The number of nitrogens with one attached hydrogen (secondary N) is 2. The molecule has 3 N–H and O–H groups in total. The van der Waals surface area contributed by atoms with Gasteiger partial charge >= 0.3 is 5.97 Å². The van der Waals surface area contributed by atoms with E-state index in [1.54, 1.807) is 0 Å². The Kier molecular flexibility index (Phi) is 4.18. The summed E-state index contributed by atoms with van der Waals surface area (Å²) in [6.45, 7) is 0.712. The van der Waals surface area contributed by atoms with Crippen LogP contribution in [0.25, 0.3) is 0 Å². The van der Waals surface area contributed by atoms with Gasteiger partial charge < -0.3 is 10.4 Å². The Balaban J connectivity index is 1.64. The van der Waals surface area contributed by atoms with E-state index in [-0.39, 0.29) is 22.7 Å². The molecular weight excluding hydrogens is 308 g/mol. The second-order valence-corrected chi connectivity index (χ2v) is 8.26. The predicted octanol–water partition coefficient (Wildman–Crippen LogP) is 0.0574. The molecule has 1 saturated heterocycles. The molecule has 0 radical (unpaired) electrons. The molecule has 9 heteroatoms. The number of piperidine rings is 1. The maximum atomic E-state index is 12.3. The second kappa shape index (κ2) is 5.96. The van der Waals surface area contributed by atoms with Crippen LogP contribution in [0.5, 0.6) is 0 Å². The number of aromatic nitrogens is 3. The third kappa shape index (κ3) is 3.14. The van der Waals surface area contributed by atoms with Crippen LogP contribution < -0.4 is 5.32 Å². The van der Waals surface area contributed by atoms with Crippen molar-refractivity contribution in [3.8, 4) is 0 Å². The number of hydrogen-bond donors (Lipinski definition) is 3. The molecule has 2 aliphatic rings. The van der Waals surface area contributed by atoms with Crippen molar-refractivity contribution in [3.05, 3.63) is 6.33 Å². The van der Waals surface area contributed by atoms with Crippen LogP contribution in [0.2, 0.25) is 0 Å². The molecule has 1 aromatic heterocycles. The maximum absolute atomic E-state index is 12.3. The van der Waals surface area contributed by atoms with Gasteiger partial charge in [0.2, 0.25) is 15.0 Å². The highest BCUT2D eigenvalue weighted by Gasteiger charge is 2.39. The Bertz CT molecular complexity index is 630. The van der Waals surface area contributed by atoms with Gasteiger partial charge in [-0.2, -0.15) is 5.10 Å². The Hall–Kier alpha value is -1.48. The number of hydrogen-bond acceptors (Lipinski definition) is 6. The van der Waals surface area contributed by atoms with Crippen LogP contribution in [0.1, 0.15) is 25.7 Å². The van der Waals surface area contributed by atoms with Crippen molar-refractivity contribution in [2.75, 3.05) is 12.3 Å². The van der Waals surface area contributed by atoms with Crippen molar-refractivity contribution < 1.29 is 18.3 Å². The van der Waals surface area contributed by atoms with Crippen molar-refractivity contribution in [1.29, 1.82) is 0 Å². The minimum Gasteiger partial charge on any atom is -0.480 e. The van der Waals surface area contributed by atoms with E-state index in [2.05, 4.69) is 20.5 Å². The van der Waals surface area contributed by atoms with Crippen LogP contribution in [-0.2, 0) is 14.6 Å². The summed E-state index contributed by atoms with van der Waals surface area (Å²) in [6.07, 6.45) is 4.34. The predicted molar refractivity (Wildman–Crippen MR) is 76.8 cm³/mol. The van der Waals surface area contributed by atoms with Gasteiger partial charge in [-0.3, -0.25) is 9.89 Å². The Labute approximate surface area is 128 Å². The molecule has 1 aromatic rings. The first-order valence-electron chi connectivity index (χ1n) is 7.50. The van der Waals surface area contributed by atoms with E-state index in [0.29, 0.717) is 18.9 Å². The molecule has 2 heterocycles. The molecule has 2 fully saturated rings. The van der Waals surface area contributed by atoms with Gasteiger partial charge in [0.15, 0.2) is 0 Å². The highest BCUT2D eigenvalue weighted by molar-refractivity contribution is 7.91. The third-order valence-corrected chi connectivity index (χ3v) is 6.55. The summed E-state index contributed by atoms with van der Waals surface area (Å²) in [5, 5.41) is 18.1. The lowest BCUT2D eigenvalue weighted by Crippen LogP contribution is -2.49. The number of aliphatic carboxylic acids is 1. The first-order chi connectivity index (χ1) is 10.5. The lowest BCUT2D eigenvalue weighted by atomic mass is 9.70. The first-order valence-corrected chi connectivity index (χ1v) is 9.15. The topological polar surface area (TPSA) is 125 Å². The lowest BCUT2D eigenvalue weighted by Gasteiger charge is -2.41. The number of carboxylic acid groups (broad SMARTS) is 1. The highest BCUT2D eigenvalue weighted by Crippen LogP contribution is 2.39. The van der Waals surface area contributed by atoms with Crippen LogP contribution in [-0.4, -0.2) is 53.0 Å². The van der Waals surface area contributed by atoms with Gasteiger partial charge in [-0.15, -0.1) is 0 Å². The number of rotatable bonds is 4. The average Bonchev–Trinajstić information content (AvgIpc) is 3.01. The van der Waals surface area contributed by atoms with Gasteiger partial charge in [0, 0.05) is 0 Å². The highest BCUT2D eigenvalue weighted by atomic mass is 32.2. The SMILES string of the molecule is O=C(O)[C@@H]1C[C@H]2C[C@@H](CS(=O)(=O)c3ncn[nH]3)CC[C@H]2CN1. The van der Waals surface area contributed by atoms with Crippen molar-refractivity contribution in [2.45, 2.75) is 36.9 Å². The van der Waals surface area contributed by atoms with E-state index in [1.807, 2.05) is 0 Å². The third-order valence-electron chi connectivity index (χ3n) is 4.85. The van der Waals surface area contributed by atoms with Gasteiger partial charge in [0.25, 0.3) is 0 Å². The zero-order valence-electron chi connectivity index (χ0n) is 12.1. The molecule has 0 bridgehead atoms. The standard InChI is InChI=1S/C13H20N4O4S/c18-12(19)11-4-10-3-8(1-2-9(10)5-14-11)6-22(20,21)13-15-7-16-17-13/h7-11,14H,1-6H2,(H,18,19)(H,15,16,17)/t8-,9-,10+,11-/m0/s1. The summed E-state index contributed by atoms with van der Waals surface area (Å²) in [4.78, 5) is 14.8. The minimum absolute atomic E-state index is 0.0522.